The molecule has 0 aliphatic heterocycles. The molecule has 8 nitrogen and oxygen atoms in total. The van der Waals surface area contributed by atoms with Crippen LogP contribution < -0.4 is 5.73 Å². The van der Waals surface area contributed by atoms with E-state index in [1.807, 2.05) is 0 Å². The Morgan fingerprint density at radius 2 is 1.75 bits per heavy atom. The summed E-state index contributed by atoms with van der Waals surface area (Å²) in [5, 5.41) is 38.4. The van der Waals surface area contributed by atoms with Gasteiger partial charge in [0.15, 0.2) is 28.6 Å². The summed E-state index contributed by atoms with van der Waals surface area (Å²) in [7, 11) is 0. The van der Waals surface area contributed by atoms with Crippen LogP contribution in [0.4, 0.5) is 0 Å². The summed E-state index contributed by atoms with van der Waals surface area (Å²) in [6.07, 6.45) is 2.36. The number of carboxylic acids is 1. The van der Waals surface area contributed by atoms with Gasteiger partial charge < -0.3 is 30.6 Å². The third-order valence-corrected chi connectivity index (χ3v) is 4.14. The van der Waals surface area contributed by atoms with Crippen LogP contribution in [0.5, 0.6) is 17.2 Å². The Hall–Kier alpha value is -3.78. The molecule has 0 bridgehead atoms. The van der Waals surface area contributed by atoms with Crippen molar-refractivity contribution in [3.63, 3.8) is 0 Å². The molecule has 0 aliphatic rings. The maximum absolute atomic E-state index is 11.9. The number of hydrogen-bond donors (Lipinski definition) is 5. The number of benzene rings is 2. The third kappa shape index (κ3) is 3.81. The SMILES string of the molecule is N[C@@H](CC(=O)C=Cc1ccc(O)c2oc(-c3ccc(O)c(O)c3)cc12)C(=O)O. The quantitative estimate of drug-likeness (QED) is 0.321. The molecular weight excluding hydrogens is 366 g/mol. The molecular formula is C20H17NO7. The third-order valence-electron chi connectivity index (χ3n) is 4.14. The molecule has 144 valence electrons. The minimum atomic E-state index is -1.28. The number of aliphatic carboxylic acids is 1. The van der Waals surface area contributed by atoms with Gasteiger partial charge in [0, 0.05) is 17.4 Å². The summed E-state index contributed by atoms with van der Waals surface area (Å²) in [5.74, 6) is -2.08. The normalized spacial score (nSPS) is 12.5. The summed E-state index contributed by atoms with van der Waals surface area (Å²) in [6, 6.07) is 7.48. The Bertz CT molecular complexity index is 1100. The fourth-order valence-electron chi connectivity index (χ4n) is 2.65. The number of fused-ring (bicyclic) bond motifs is 1. The summed E-state index contributed by atoms with van der Waals surface area (Å²) >= 11 is 0. The van der Waals surface area contributed by atoms with Crippen LogP contribution in [0.2, 0.25) is 0 Å². The van der Waals surface area contributed by atoms with Crippen molar-refractivity contribution >= 4 is 28.8 Å². The molecule has 1 aromatic heterocycles. The minimum absolute atomic E-state index is 0.111. The van der Waals surface area contributed by atoms with Crippen molar-refractivity contribution in [3.8, 4) is 28.6 Å². The number of nitrogens with two attached hydrogens (primary N) is 1. The van der Waals surface area contributed by atoms with Gasteiger partial charge in [0.25, 0.3) is 0 Å². The fourth-order valence-corrected chi connectivity index (χ4v) is 2.65. The van der Waals surface area contributed by atoms with Crippen LogP contribution in [0.25, 0.3) is 28.4 Å². The number of aromatic hydroxyl groups is 3. The minimum Gasteiger partial charge on any atom is -0.504 e. The number of carboxylic acid groups (broad SMARTS) is 1. The molecule has 8 heteroatoms. The van der Waals surface area contributed by atoms with Gasteiger partial charge in [-0.25, -0.2) is 0 Å². The molecule has 1 atom stereocenters. The smallest absolute Gasteiger partial charge is 0.320 e. The van der Waals surface area contributed by atoms with E-state index in [0.717, 1.165) is 0 Å². The first-order chi connectivity index (χ1) is 13.3. The van der Waals surface area contributed by atoms with Crippen LogP contribution in [-0.2, 0) is 9.59 Å². The zero-order valence-electron chi connectivity index (χ0n) is 14.5. The molecule has 3 aromatic rings. The summed E-state index contributed by atoms with van der Waals surface area (Å²) in [4.78, 5) is 22.6. The van der Waals surface area contributed by atoms with E-state index < -0.39 is 17.8 Å². The number of phenolic OH excluding ortho intramolecular Hbond substituents is 3. The van der Waals surface area contributed by atoms with E-state index >= 15 is 0 Å². The number of furan rings is 1. The number of allylic oxidation sites excluding steroid dienone is 1. The van der Waals surface area contributed by atoms with E-state index in [-0.39, 0.29) is 29.3 Å². The fraction of sp³-hybridized carbons (Fsp3) is 0.100. The van der Waals surface area contributed by atoms with Crippen LogP contribution in [-0.4, -0.2) is 38.2 Å². The second-order valence-corrected chi connectivity index (χ2v) is 6.18. The monoisotopic (exact) mass is 383 g/mol. The standard InChI is InChI=1S/C20H17NO7/c21-14(20(26)27)8-12(22)4-1-10-2-6-16(24)19-13(10)9-18(28-19)11-3-5-15(23)17(25)7-11/h1-7,9,14,23-25H,8,21H2,(H,26,27)/t14-/m0/s1. The van der Waals surface area contributed by atoms with Crippen molar-refractivity contribution in [1.29, 1.82) is 0 Å². The lowest BCUT2D eigenvalue weighted by atomic mass is 10.1. The van der Waals surface area contributed by atoms with Gasteiger partial charge in [-0.15, -0.1) is 0 Å². The molecule has 0 saturated carbocycles. The molecule has 0 radical (unpaired) electrons. The molecule has 0 fully saturated rings. The summed E-state index contributed by atoms with van der Waals surface area (Å²) in [6.45, 7) is 0. The predicted molar refractivity (Wildman–Crippen MR) is 101 cm³/mol. The number of carbonyl (C=O) groups is 2. The average molecular weight is 383 g/mol. The van der Waals surface area contributed by atoms with Crippen molar-refractivity contribution in [3.05, 3.63) is 48.0 Å². The second kappa shape index (κ2) is 7.45. The van der Waals surface area contributed by atoms with Gasteiger partial charge in [-0.05, 0) is 42.0 Å². The van der Waals surface area contributed by atoms with Crippen LogP contribution in [0.15, 0.2) is 46.9 Å². The Balaban J connectivity index is 1.96. The lowest BCUT2D eigenvalue weighted by Crippen LogP contribution is -2.32. The molecule has 2 aromatic carbocycles. The van der Waals surface area contributed by atoms with E-state index in [1.54, 1.807) is 12.1 Å². The number of carbonyl (C=O) groups excluding carboxylic acids is 1. The van der Waals surface area contributed by atoms with Crippen molar-refractivity contribution in [2.75, 3.05) is 0 Å². The highest BCUT2D eigenvalue weighted by Crippen LogP contribution is 2.37. The Labute approximate surface area is 158 Å². The average Bonchev–Trinajstić information content (AvgIpc) is 3.09. The molecule has 0 unspecified atom stereocenters. The van der Waals surface area contributed by atoms with Crippen molar-refractivity contribution in [2.24, 2.45) is 5.73 Å². The molecule has 6 N–H and O–H groups in total. The first-order valence-corrected chi connectivity index (χ1v) is 8.23. The zero-order chi connectivity index (χ0) is 20.4. The topological polar surface area (TPSA) is 154 Å². The molecule has 1 heterocycles. The van der Waals surface area contributed by atoms with Crippen molar-refractivity contribution in [2.45, 2.75) is 12.5 Å². The summed E-state index contributed by atoms with van der Waals surface area (Å²) in [5.41, 5.74) is 6.56. The zero-order valence-corrected chi connectivity index (χ0v) is 14.5. The first kappa shape index (κ1) is 19.0. The molecule has 0 amide bonds. The van der Waals surface area contributed by atoms with Gasteiger partial charge in [-0.1, -0.05) is 12.1 Å². The number of ketones is 1. The van der Waals surface area contributed by atoms with Gasteiger partial charge in [-0.2, -0.15) is 0 Å². The van der Waals surface area contributed by atoms with Gasteiger partial charge >= 0.3 is 5.97 Å². The van der Waals surface area contributed by atoms with E-state index in [9.17, 15) is 24.9 Å². The van der Waals surface area contributed by atoms with Gasteiger partial charge in [0.1, 0.15) is 11.8 Å². The Morgan fingerprint density at radius 1 is 1.04 bits per heavy atom. The largest absolute Gasteiger partial charge is 0.504 e. The van der Waals surface area contributed by atoms with Gasteiger partial charge in [0.2, 0.25) is 0 Å². The lowest BCUT2D eigenvalue weighted by Gasteiger charge is -2.02. The van der Waals surface area contributed by atoms with Crippen LogP contribution >= 0.6 is 0 Å². The van der Waals surface area contributed by atoms with Crippen molar-refractivity contribution < 1.29 is 34.4 Å². The summed E-state index contributed by atoms with van der Waals surface area (Å²) < 4.78 is 5.66. The molecule has 3 rings (SSSR count). The van der Waals surface area contributed by atoms with Crippen LogP contribution in [0.3, 0.4) is 0 Å². The highest BCUT2D eigenvalue weighted by molar-refractivity contribution is 6.00. The number of hydrogen-bond acceptors (Lipinski definition) is 7. The Morgan fingerprint density at radius 3 is 2.43 bits per heavy atom. The molecule has 0 spiro atoms. The first-order valence-electron chi connectivity index (χ1n) is 8.23. The van der Waals surface area contributed by atoms with E-state index in [0.29, 0.717) is 22.3 Å². The Kier molecular flexibility index (Phi) is 5.06. The van der Waals surface area contributed by atoms with E-state index in [4.69, 9.17) is 15.3 Å². The molecule has 28 heavy (non-hydrogen) atoms. The predicted octanol–water partition coefficient (Wildman–Crippen LogP) is 2.60. The van der Waals surface area contributed by atoms with Gasteiger partial charge in [0.05, 0.1) is 0 Å². The highest BCUT2D eigenvalue weighted by atomic mass is 16.4. The highest BCUT2D eigenvalue weighted by Gasteiger charge is 2.16. The van der Waals surface area contributed by atoms with E-state index in [2.05, 4.69) is 0 Å². The van der Waals surface area contributed by atoms with Crippen LogP contribution in [0, 0.1) is 0 Å². The lowest BCUT2D eigenvalue weighted by molar-refractivity contribution is -0.139. The van der Waals surface area contributed by atoms with Crippen molar-refractivity contribution in [1.82, 2.24) is 0 Å². The maximum Gasteiger partial charge on any atom is 0.320 e. The second-order valence-electron chi connectivity index (χ2n) is 6.18. The maximum atomic E-state index is 11.9. The molecule has 0 aliphatic carbocycles. The number of rotatable bonds is 6. The van der Waals surface area contributed by atoms with Gasteiger partial charge in [-0.3, -0.25) is 9.59 Å². The van der Waals surface area contributed by atoms with E-state index in [1.165, 1.54) is 36.4 Å². The number of phenols is 3. The van der Waals surface area contributed by atoms with Crippen LogP contribution in [0.1, 0.15) is 12.0 Å². The molecule has 0 saturated heterocycles.